The number of nitrogens with two attached hydrogens (primary N) is 1. The highest BCUT2D eigenvalue weighted by Crippen LogP contribution is 2.53. The van der Waals surface area contributed by atoms with Crippen LogP contribution in [0.15, 0.2) is 28.7 Å². The molecule has 4 rings (SSSR count). The molecular weight excluding hydrogens is 506 g/mol. The molecule has 0 aliphatic heterocycles. The van der Waals surface area contributed by atoms with Crippen molar-refractivity contribution in [3.8, 4) is 11.5 Å². The second kappa shape index (κ2) is 9.96. The number of carbonyl (C=O) groups excluding carboxylic acids is 3. The van der Waals surface area contributed by atoms with Gasteiger partial charge in [0.15, 0.2) is 11.4 Å². The first-order valence-corrected chi connectivity index (χ1v) is 12.9. The van der Waals surface area contributed by atoms with E-state index in [9.17, 15) is 34.8 Å². The molecule has 212 valence electrons. The number of ketones is 2. The fourth-order valence-corrected chi connectivity index (χ4v) is 6.71. The molecule has 11 nitrogen and oxygen atoms in total. The van der Waals surface area contributed by atoms with Crippen molar-refractivity contribution in [3.05, 3.63) is 45.4 Å². The number of hydrogen-bond donors (Lipinski definition) is 5. The molecule has 0 radical (unpaired) electrons. The molecule has 39 heavy (non-hydrogen) atoms. The van der Waals surface area contributed by atoms with Crippen LogP contribution in [0, 0.1) is 17.8 Å². The van der Waals surface area contributed by atoms with E-state index < -0.39 is 58.0 Å². The summed E-state index contributed by atoms with van der Waals surface area (Å²) in [6.07, 6.45) is 0.195. The Balaban J connectivity index is 1.89. The SMILES string of the molecule is COc1c(CN(C)CC(C)C)cc(O)c2c1C[C@H]1C[C@H]3[C@H](N(C)C)C(O)=C(C(N)=O)C(=O)[C@@]3(O)C(O)=C1C2=O. The number of phenols is 1. The van der Waals surface area contributed by atoms with Crippen molar-refractivity contribution in [2.75, 3.05) is 34.8 Å². The van der Waals surface area contributed by atoms with Gasteiger partial charge in [-0.25, -0.2) is 0 Å². The third-order valence-corrected chi connectivity index (χ3v) is 8.07. The summed E-state index contributed by atoms with van der Waals surface area (Å²) in [4.78, 5) is 42.9. The lowest BCUT2D eigenvalue weighted by Gasteiger charge is -2.50. The topological polar surface area (TPSA) is 174 Å². The van der Waals surface area contributed by atoms with Crippen molar-refractivity contribution in [1.29, 1.82) is 0 Å². The normalized spacial score (nSPS) is 26.8. The van der Waals surface area contributed by atoms with Gasteiger partial charge in [-0.1, -0.05) is 13.8 Å². The van der Waals surface area contributed by atoms with Crippen molar-refractivity contribution in [2.24, 2.45) is 23.5 Å². The van der Waals surface area contributed by atoms with Crippen LogP contribution in [0.5, 0.6) is 11.5 Å². The number of likely N-dealkylation sites (N-methyl/N-ethyl adjacent to an activating group) is 1. The first-order chi connectivity index (χ1) is 18.2. The number of carbonyl (C=O) groups is 3. The lowest BCUT2D eigenvalue weighted by atomic mass is 9.58. The maximum absolute atomic E-state index is 13.8. The van der Waals surface area contributed by atoms with E-state index >= 15 is 0 Å². The molecule has 4 atom stereocenters. The molecule has 1 aromatic carbocycles. The fraction of sp³-hybridized carbons (Fsp3) is 0.536. The number of ether oxygens (including phenoxy) is 1. The van der Waals surface area contributed by atoms with Crippen LogP contribution < -0.4 is 10.5 Å². The molecule has 0 saturated heterocycles. The molecule has 0 unspecified atom stereocenters. The molecule has 3 aliphatic carbocycles. The predicted molar refractivity (Wildman–Crippen MR) is 141 cm³/mol. The molecular formula is C28H37N3O8. The molecule has 0 heterocycles. The standard InChI is InChI=1S/C28H37N3O8/c1-12(2)10-31(5)11-14-9-17(32)19-15(24(14)39-6)7-13-8-16-21(30(3)4)23(34)20(27(29)37)26(36)28(16,38)25(35)18(13)22(19)33/h9,12-13,16,21,32,34-35,38H,7-8,10-11H2,1-6H3,(H2,29,37)/t13-,16-,21-,28-/m0/s1. The summed E-state index contributed by atoms with van der Waals surface area (Å²) < 4.78 is 5.74. The Morgan fingerprint density at radius 3 is 2.38 bits per heavy atom. The highest BCUT2D eigenvalue weighted by atomic mass is 16.5. The minimum Gasteiger partial charge on any atom is -0.510 e. The maximum atomic E-state index is 13.8. The molecule has 11 heteroatoms. The van der Waals surface area contributed by atoms with Gasteiger partial charge in [-0.05, 0) is 51.9 Å². The van der Waals surface area contributed by atoms with Crippen LogP contribution in [0.1, 0.15) is 41.8 Å². The minimum atomic E-state index is -2.66. The highest BCUT2D eigenvalue weighted by Gasteiger charge is 2.63. The Labute approximate surface area is 227 Å². The van der Waals surface area contributed by atoms with E-state index in [4.69, 9.17) is 10.5 Å². The number of aliphatic hydroxyl groups is 3. The Morgan fingerprint density at radius 2 is 1.85 bits per heavy atom. The van der Waals surface area contributed by atoms with Gasteiger partial charge in [0.1, 0.15) is 28.6 Å². The molecule has 0 bridgehead atoms. The first-order valence-electron chi connectivity index (χ1n) is 12.9. The lowest BCUT2D eigenvalue weighted by Crippen LogP contribution is -2.63. The molecule has 1 amide bonds. The van der Waals surface area contributed by atoms with Crippen molar-refractivity contribution in [3.63, 3.8) is 0 Å². The third-order valence-electron chi connectivity index (χ3n) is 8.07. The highest BCUT2D eigenvalue weighted by molar-refractivity contribution is 6.24. The summed E-state index contributed by atoms with van der Waals surface area (Å²) in [5.41, 5.74) is 2.78. The number of aromatic hydroxyl groups is 1. The summed E-state index contributed by atoms with van der Waals surface area (Å²) >= 11 is 0. The van der Waals surface area contributed by atoms with Gasteiger partial charge in [0.2, 0.25) is 5.78 Å². The first kappa shape index (κ1) is 28.6. The summed E-state index contributed by atoms with van der Waals surface area (Å²) in [6.45, 7) is 5.45. The number of amides is 1. The number of phenolic OH excluding ortho intramolecular Hbond substituents is 1. The molecule has 3 aliphatic rings. The van der Waals surface area contributed by atoms with Crippen LogP contribution in [0.3, 0.4) is 0 Å². The monoisotopic (exact) mass is 543 g/mol. The lowest BCUT2D eigenvalue weighted by molar-refractivity contribution is -0.148. The van der Waals surface area contributed by atoms with E-state index in [1.165, 1.54) is 18.1 Å². The van der Waals surface area contributed by atoms with Gasteiger partial charge in [-0.15, -0.1) is 0 Å². The van der Waals surface area contributed by atoms with Gasteiger partial charge < -0.3 is 35.8 Å². The van der Waals surface area contributed by atoms with Crippen LogP contribution in [0.4, 0.5) is 0 Å². The number of allylic oxidation sites excluding steroid dienone is 1. The smallest absolute Gasteiger partial charge is 0.255 e. The van der Waals surface area contributed by atoms with E-state index in [1.54, 1.807) is 14.1 Å². The average Bonchev–Trinajstić information content (AvgIpc) is 2.80. The average molecular weight is 544 g/mol. The zero-order chi connectivity index (χ0) is 29.1. The summed E-state index contributed by atoms with van der Waals surface area (Å²) in [5, 5.41) is 44.9. The van der Waals surface area contributed by atoms with Gasteiger partial charge in [-0.3, -0.25) is 19.3 Å². The van der Waals surface area contributed by atoms with Crippen molar-refractivity contribution in [1.82, 2.24) is 9.80 Å². The number of fused-ring (bicyclic) bond motifs is 3. The number of nitrogens with zero attached hydrogens (tertiary/aromatic N) is 2. The number of primary amides is 1. The van der Waals surface area contributed by atoms with E-state index in [2.05, 4.69) is 18.7 Å². The Kier molecular flexibility index (Phi) is 7.30. The summed E-state index contributed by atoms with van der Waals surface area (Å²) in [6, 6.07) is 0.423. The van der Waals surface area contributed by atoms with E-state index in [0.717, 1.165) is 6.54 Å². The number of Topliss-reactive ketones (excluding diaryl/α,β-unsaturated/α-hetero) is 2. The second-order valence-electron chi connectivity index (χ2n) is 11.5. The predicted octanol–water partition coefficient (Wildman–Crippen LogP) is 1.22. The largest absolute Gasteiger partial charge is 0.510 e. The maximum Gasteiger partial charge on any atom is 0.255 e. The van der Waals surface area contributed by atoms with E-state index in [1.807, 2.05) is 7.05 Å². The van der Waals surface area contributed by atoms with Gasteiger partial charge >= 0.3 is 0 Å². The van der Waals surface area contributed by atoms with Gasteiger partial charge in [0, 0.05) is 35.7 Å². The Bertz CT molecular complexity index is 1310. The minimum absolute atomic E-state index is 0.0210. The van der Waals surface area contributed by atoms with Gasteiger partial charge in [0.05, 0.1) is 18.7 Å². The molecule has 0 fully saturated rings. The number of benzene rings is 1. The van der Waals surface area contributed by atoms with Gasteiger partial charge in [-0.2, -0.15) is 0 Å². The second-order valence-corrected chi connectivity index (χ2v) is 11.5. The van der Waals surface area contributed by atoms with Crippen molar-refractivity contribution < 1.29 is 39.5 Å². The number of hydrogen-bond acceptors (Lipinski definition) is 10. The zero-order valence-corrected chi connectivity index (χ0v) is 23.1. The van der Waals surface area contributed by atoms with Crippen LogP contribution >= 0.6 is 0 Å². The summed E-state index contributed by atoms with van der Waals surface area (Å²) in [5.74, 6) is -5.92. The molecule has 0 spiro atoms. The number of rotatable bonds is 7. The Morgan fingerprint density at radius 1 is 1.21 bits per heavy atom. The number of aliphatic hydroxyl groups excluding tert-OH is 2. The van der Waals surface area contributed by atoms with Crippen molar-refractivity contribution >= 4 is 17.5 Å². The number of methoxy groups -OCH3 is 1. The molecule has 0 aromatic heterocycles. The van der Waals surface area contributed by atoms with Crippen LogP contribution in [-0.4, -0.2) is 94.1 Å². The fourth-order valence-electron chi connectivity index (χ4n) is 6.71. The van der Waals surface area contributed by atoms with Crippen LogP contribution in [-0.2, 0) is 22.6 Å². The van der Waals surface area contributed by atoms with Crippen molar-refractivity contribution in [2.45, 2.75) is 44.9 Å². The summed E-state index contributed by atoms with van der Waals surface area (Å²) in [7, 11) is 6.62. The third kappa shape index (κ3) is 4.29. The molecule has 1 aromatic rings. The zero-order valence-electron chi connectivity index (χ0n) is 23.1. The van der Waals surface area contributed by atoms with E-state index in [-0.39, 0.29) is 29.7 Å². The molecule has 0 saturated carbocycles. The molecule has 6 N–H and O–H groups in total. The van der Waals surface area contributed by atoms with Crippen LogP contribution in [0.25, 0.3) is 0 Å². The Hall–Kier alpha value is -3.41. The van der Waals surface area contributed by atoms with E-state index in [0.29, 0.717) is 29.3 Å². The quantitative estimate of drug-likeness (QED) is 0.315. The van der Waals surface area contributed by atoms with Gasteiger partial charge in [0.25, 0.3) is 5.91 Å². The van der Waals surface area contributed by atoms with Crippen LogP contribution in [0.2, 0.25) is 0 Å².